The zero-order valence-corrected chi connectivity index (χ0v) is 13.6. The summed E-state index contributed by atoms with van der Waals surface area (Å²) in [5.41, 5.74) is 2.97. The van der Waals surface area contributed by atoms with Gasteiger partial charge in [-0.3, -0.25) is 10.1 Å². The van der Waals surface area contributed by atoms with E-state index in [0.29, 0.717) is 5.69 Å². The summed E-state index contributed by atoms with van der Waals surface area (Å²) >= 11 is 0. The van der Waals surface area contributed by atoms with Crippen LogP contribution in [0.15, 0.2) is 24.3 Å². The molecule has 0 aliphatic carbocycles. The number of aromatic nitrogens is 2. The average molecular weight is 314 g/mol. The molecular weight excluding hydrogens is 292 g/mol. The van der Waals surface area contributed by atoms with Gasteiger partial charge in [-0.15, -0.1) is 0 Å². The number of aromatic amines is 1. The minimum absolute atomic E-state index is 0.123. The number of hydrogen-bond acceptors (Lipinski definition) is 4. The van der Waals surface area contributed by atoms with Crippen LogP contribution in [-0.2, 0) is 6.42 Å². The number of H-pyrrole nitrogens is 1. The molecule has 3 rings (SSSR count). The monoisotopic (exact) mass is 314 g/mol. The number of nitrogens with one attached hydrogen (secondary N) is 1. The van der Waals surface area contributed by atoms with Crippen molar-refractivity contribution < 1.29 is 4.92 Å². The fraction of sp³-hybridized carbons (Fsp3) is 0.471. The maximum Gasteiger partial charge on any atom is 0.292 e. The lowest BCUT2D eigenvalue weighted by molar-refractivity contribution is -0.384. The molecule has 0 spiro atoms. The summed E-state index contributed by atoms with van der Waals surface area (Å²) in [6, 6.07) is 7.14. The van der Waals surface area contributed by atoms with Crippen molar-refractivity contribution in [1.29, 1.82) is 0 Å². The molecule has 6 heteroatoms. The van der Waals surface area contributed by atoms with Gasteiger partial charge in [0.2, 0.25) is 0 Å². The van der Waals surface area contributed by atoms with Crippen LogP contribution in [0.5, 0.6) is 0 Å². The van der Waals surface area contributed by atoms with Crippen molar-refractivity contribution in [2.24, 2.45) is 0 Å². The van der Waals surface area contributed by atoms with E-state index in [1.54, 1.807) is 12.1 Å². The van der Waals surface area contributed by atoms with Crippen molar-refractivity contribution in [3.63, 3.8) is 0 Å². The Kier molecular flexibility index (Phi) is 4.32. The first-order valence-electron chi connectivity index (χ1n) is 8.17. The smallest absolute Gasteiger partial charge is 0.292 e. The highest BCUT2D eigenvalue weighted by Crippen LogP contribution is 2.39. The van der Waals surface area contributed by atoms with Gasteiger partial charge >= 0.3 is 0 Å². The van der Waals surface area contributed by atoms with Crippen LogP contribution in [0.1, 0.15) is 49.4 Å². The number of para-hydroxylation sites is 2. The van der Waals surface area contributed by atoms with Gasteiger partial charge in [0.05, 0.1) is 22.4 Å². The molecule has 1 aliphatic rings. The molecule has 0 saturated carbocycles. The van der Waals surface area contributed by atoms with Gasteiger partial charge in [0, 0.05) is 19.0 Å². The van der Waals surface area contributed by atoms with E-state index in [1.807, 2.05) is 19.1 Å². The number of nitrogens with zero attached hydrogens (tertiary/aromatic N) is 3. The van der Waals surface area contributed by atoms with E-state index < -0.39 is 0 Å². The first-order chi connectivity index (χ1) is 11.1. The fourth-order valence-corrected chi connectivity index (χ4v) is 3.41. The first kappa shape index (κ1) is 15.5. The Balaban J connectivity index is 2.02. The van der Waals surface area contributed by atoms with Gasteiger partial charge in [0.1, 0.15) is 11.5 Å². The lowest BCUT2D eigenvalue weighted by Crippen LogP contribution is -2.34. The van der Waals surface area contributed by atoms with E-state index in [4.69, 9.17) is 0 Å². The second-order valence-electron chi connectivity index (χ2n) is 5.99. The van der Waals surface area contributed by atoms with E-state index >= 15 is 0 Å². The third-order valence-electron chi connectivity index (χ3n) is 4.53. The highest BCUT2D eigenvalue weighted by Gasteiger charge is 2.31. The maximum absolute atomic E-state index is 11.4. The van der Waals surface area contributed by atoms with Gasteiger partial charge in [-0.1, -0.05) is 19.1 Å². The van der Waals surface area contributed by atoms with Crippen molar-refractivity contribution >= 4 is 11.4 Å². The SMILES string of the molecule is CCc1nc(C)c(C2CCCCN2c2ccccc2[N+](=O)[O-])[nH]1. The highest BCUT2D eigenvalue weighted by molar-refractivity contribution is 5.64. The number of nitro benzene ring substituents is 1. The Labute approximate surface area is 135 Å². The molecule has 2 heterocycles. The number of aryl methyl sites for hydroxylation is 2. The second kappa shape index (κ2) is 6.40. The molecule has 2 aromatic rings. The Bertz CT molecular complexity index is 710. The van der Waals surface area contributed by atoms with Gasteiger partial charge in [-0.05, 0) is 32.3 Å². The fourth-order valence-electron chi connectivity index (χ4n) is 3.41. The summed E-state index contributed by atoms with van der Waals surface area (Å²) < 4.78 is 0. The normalized spacial score (nSPS) is 18.2. The third-order valence-corrected chi connectivity index (χ3v) is 4.53. The highest BCUT2D eigenvalue weighted by atomic mass is 16.6. The van der Waals surface area contributed by atoms with Crippen LogP contribution in [0.25, 0.3) is 0 Å². The number of anilines is 1. The van der Waals surface area contributed by atoms with Crippen molar-refractivity contribution in [1.82, 2.24) is 9.97 Å². The van der Waals surface area contributed by atoms with E-state index in [9.17, 15) is 10.1 Å². The molecule has 1 N–H and O–H groups in total. The van der Waals surface area contributed by atoms with E-state index in [0.717, 1.165) is 49.4 Å². The molecule has 1 atom stereocenters. The molecule has 122 valence electrons. The lowest BCUT2D eigenvalue weighted by atomic mass is 9.97. The van der Waals surface area contributed by atoms with Gasteiger partial charge in [-0.2, -0.15) is 0 Å². The van der Waals surface area contributed by atoms with Gasteiger partial charge < -0.3 is 9.88 Å². The van der Waals surface area contributed by atoms with Crippen molar-refractivity contribution in [3.05, 3.63) is 51.6 Å². The number of rotatable bonds is 4. The van der Waals surface area contributed by atoms with Crippen molar-refractivity contribution in [2.75, 3.05) is 11.4 Å². The summed E-state index contributed by atoms with van der Waals surface area (Å²) in [5.74, 6) is 0.977. The van der Waals surface area contributed by atoms with Crippen LogP contribution in [-0.4, -0.2) is 21.4 Å². The molecule has 1 aromatic carbocycles. The van der Waals surface area contributed by atoms with Crippen LogP contribution in [0.4, 0.5) is 11.4 Å². The van der Waals surface area contributed by atoms with E-state index in [-0.39, 0.29) is 16.7 Å². The average Bonchev–Trinajstić information content (AvgIpc) is 2.95. The Morgan fingerprint density at radius 1 is 1.39 bits per heavy atom. The molecular formula is C17H22N4O2. The quantitative estimate of drug-likeness (QED) is 0.685. The van der Waals surface area contributed by atoms with Crippen molar-refractivity contribution in [3.8, 4) is 0 Å². The standard InChI is InChI=1S/C17H22N4O2/c1-3-16-18-12(2)17(19-16)15-10-6-7-11-20(15)13-8-4-5-9-14(13)21(22)23/h4-5,8-9,15H,3,6-7,10-11H2,1-2H3,(H,18,19). The van der Waals surface area contributed by atoms with Gasteiger partial charge in [0.15, 0.2) is 0 Å². The summed E-state index contributed by atoms with van der Waals surface area (Å²) in [6.07, 6.45) is 4.02. The van der Waals surface area contributed by atoms with Gasteiger partial charge in [-0.25, -0.2) is 4.98 Å². The minimum atomic E-state index is -0.293. The molecule has 6 nitrogen and oxygen atoms in total. The number of piperidine rings is 1. The topological polar surface area (TPSA) is 75.1 Å². The zero-order chi connectivity index (χ0) is 16.4. The summed E-state index contributed by atoms with van der Waals surface area (Å²) in [7, 11) is 0. The summed E-state index contributed by atoms with van der Waals surface area (Å²) in [4.78, 5) is 21.3. The summed E-state index contributed by atoms with van der Waals surface area (Å²) in [6.45, 7) is 4.91. The van der Waals surface area contributed by atoms with E-state index in [2.05, 4.69) is 21.8 Å². The third kappa shape index (κ3) is 2.93. The largest absolute Gasteiger partial charge is 0.357 e. The van der Waals surface area contributed by atoms with E-state index in [1.165, 1.54) is 0 Å². The van der Waals surface area contributed by atoms with Crippen molar-refractivity contribution in [2.45, 2.75) is 45.6 Å². The lowest BCUT2D eigenvalue weighted by Gasteiger charge is -2.37. The molecule has 0 radical (unpaired) electrons. The molecule has 23 heavy (non-hydrogen) atoms. The zero-order valence-electron chi connectivity index (χ0n) is 13.6. The number of hydrogen-bond donors (Lipinski definition) is 1. The molecule has 1 aromatic heterocycles. The molecule has 1 aliphatic heterocycles. The molecule has 1 fully saturated rings. The Hall–Kier alpha value is -2.37. The number of imidazole rings is 1. The second-order valence-corrected chi connectivity index (χ2v) is 5.99. The van der Waals surface area contributed by atoms with Crippen LogP contribution < -0.4 is 4.90 Å². The van der Waals surface area contributed by atoms with Gasteiger partial charge in [0.25, 0.3) is 5.69 Å². The van der Waals surface area contributed by atoms with Crippen LogP contribution in [0, 0.1) is 17.0 Å². The first-order valence-corrected chi connectivity index (χ1v) is 8.17. The Morgan fingerprint density at radius 3 is 2.87 bits per heavy atom. The maximum atomic E-state index is 11.4. The predicted octanol–water partition coefficient (Wildman–Crippen LogP) is 3.92. The summed E-state index contributed by atoms with van der Waals surface area (Å²) in [5, 5.41) is 11.4. The van der Waals surface area contributed by atoms with Crippen LogP contribution in [0.2, 0.25) is 0 Å². The molecule has 1 unspecified atom stereocenters. The van der Waals surface area contributed by atoms with Crippen LogP contribution in [0.3, 0.4) is 0 Å². The number of benzene rings is 1. The molecule has 0 amide bonds. The molecule has 1 saturated heterocycles. The molecule has 0 bridgehead atoms. The minimum Gasteiger partial charge on any atom is -0.357 e. The Morgan fingerprint density at radius 2 is 2.17 bits per heavy atom. The predicted molar refractivity (Wildman–Crippen MR) is 89.7 cm³/mol. The number of nitro groups is 1. The van der Waals surface area contributed by atoms with Crippen LogP contribution >= 0.6 is 0 Å².